The van der Waals surface area contributed by atoms with Crippen molar-refractivity contribution in [3.8, 4) is 0 Å². The number of hydrogen-bond acceptors (Lipinski definition) is 2. The Morgan fingerprint density at radius 3 is 2.53 bits per heavy atom. The molecule has 3 nitrogen and oxygen atoms in total. The number of nitrogens with zero attached hydrogens (tertiary/aromatic N) is 1. The van der Waals surface area contributed by atoms with Crippen molar-refractivity contribution in [3.05, 3.63) is 0 Å². The standard InChI is InChI=1S/C12H24N2O/c1-4-8-12(2,13)11(15)14(3)9-10-6-5-7-10/h10H,4-9,13H2,1-3H3. The van der Waals surface area contributed by atoms with E-state index in [1.807, 2.05) is 18.9 Å². The third kappa shape index (κ3) is 3.20. The molecule has 0 radical (unpaired) electrons. The summed E-state index contributed by atoms with van der Waals surface area (Å²) in [5.41, 5.74) is 5.34. The van der Waals surface area contributed by atoms with Gasteiger partial charge in [0.25, 0.3) is 0 Å². The first-order valence-corrected chi connectivity index (χ1v) is 6.02. The van der Waals surface area contributed by atoms with Crippen molar-refractivity contribution in [2.24, 2.45) is 11.7 Å². The lowest BCUT2D eigenvalue weighted by molar-refractivity contribution is -0.136. The minimum atomic E-state index is -0.673. The number of rotatable bonds is 5. The molecule has 0 heterocycles. The molecule has 0 aromatic heterocycles. The third-order valence-corrected chi connectivity index (χ3v) is 3.36. The molecule has 1 rings (SSSR count). The van der Waals surface area contributed by atoms with Crippen LogP contribution in [0.4, 0.5) is 0 Å². The molecule has 1 fully saturated rings. The maximum atomic E-state index is 12.0. The smallest absolute Gasteiger partial charge is 0.242 e. The van der Waals surface area contributed by atoms with Crippen LogP contribution in [-0.4, -0.2) is 29.9 Å². The van der Waals surface area contributed by atoms with Gasteiger partial charge in [-0.05, 0) is 32.1 Å². The zero-order valence-corrected chi connectivity index (χ0v) is 10.3. The zero-order chi connectivity index (χ0) is 11.5. The molecule has 1 aliphatic rings. The van der Waals surface area contributed by atoms with Crippen LogP contribution in [0.25, 0.3) is 0 Å². The Balaban J connectivity index is 2.42. The average molecular weight is 212 g/mol. The van der Waals surface area contributed by atoms with Crippen molar-refractivity contribution >= 4 is 5.91 Å². The summed E-state index contributed by atoms with van der Waals surface area (Å²) in [6.07, 6.45) is 5.58. The first kappa shape index (κ1) is 12.5. The summed E-state index contributed by atoms with van der Waals surface area (Å²) in [5.74, 6) is 0.813. The fourth-order valence-electron chi connectivity index (χ4n) is 2.21. The molecule has 0 aromatic carbocycles. The fourth-order valence-corrected chi connectivity index (χ4v) is 2.21. The second-order valence-corrected chi connectivity index (χ2v) is 5.15. The second-order valence-electron chi connectivity index (χ2n) is 5.15. The summed E-state index contributed by atoms with van der Waals surface area (Å²) in [5, 5.41) is 0. The van der Waals surface area contributed by atoms with E-state index >= 15 is 0 Å². The molecule has 1 atom stereocenters. The van der Waals surface area contributed by atoms with Gasteiger partial charge < -0.3 is 10.6 Å². The maximum Gasteiger partial charge on any atom is 0.242 e. The SMILES string of the molecule is CCCC(C)(N)C(=O)N(C)CC1CCC1. The molecule has 1 amide bonds. The molecule has 3 heteroatoms. The highest BCUT2D eigenvalue weighted by atomic mass is 16.2. The van der Waals surface area contributed by atoms with Crippen LogP contribution < -0.4 is 5.73 Å². The van der Waals surface area contributed by atoms with Crippen LogP contribution in [-0.2, 0) is 4.79 Å². The molecule has 88 valence electrons. The Labute approximate surface area is 93.0 Å². The molecule has 2 N–H and O–H groups in total. The normalized spacial score (nSPS) is 20.5. The number of amides is 1. The molecule has 0 bridgehead atoms. The molecule has 0 aromatic rings. The summed E-state index contributed by atoms with van der Waals surface area (Å²) in [7, 11) is 1.88. The lowest BCUT2D eigenvalue weighted by Gasteiger charge is -2.34. The van der Waals surface area contributed by atoms with Crippen molar-refractivity contribution in [1.82, 2.24) is 4.90 Å². The zero-order valence-electron chi connectivity index (χ0n) is 10.3. The van der Waals surface area contributed by atoms with Crippen LogP contribution in [0.3, 0.4) is 0 Å². The van der Waals surface area contributed by atoms with E-state index in [9.17, 15) is 4.79 Å². The number of carbonyl (C=O) groups is 1. The largest absolute Gasteiger partial charge is 0.344 e. The van der Waals surface area contributed by atoms with Gasteiger partial charge >= 0.3 is 0 Å². The van der Waals surface area contributed by atoms with Crippen molar-refractivity contribution in [1.29, 1.82) is 0 Å². The van der Waals surface area contributed by atoms with Gasteiger partial charge in [-0.2, -0.15) is 0 Å². The maximum absolute atomic E-state index is 12.0. The van der Waals surface area contributed by atoms with Crippen LogP contribution in [0.2, 0.25) is 0 Å². The Morgan fingerprint density at radius 1 is 1.53 bits per heavy atom. The van der Waals surface area contributed by atoms with Gasteiger partial charge in [-0.3, -0.25) is 4.79 Å². The van der Waals surface area contributed by atoms with E-state index in [2.05, 4.69) is 6.92 Å². The molecule has 15 heavy (non-hydrogen) atoms. The number of nitrogens with two attached hydrogens (primary N) is 1. The Morgan fingerprint density at radius 2 is 2.13 bits per heavy atom. The summed E-state index contributed by atoms with van der Waals surface area (Å²) in [6, 6.07) is 0. The highest BCUT2D eigenvalue weighted by Crippen LogP contribution is 2.27. The van der Waals surface area contributed by atoms with Crippen LogP contribution in [0.15, 0.2) is 0 Å². The van der Waals surface area contributed by atoms with E-state index in [1.165, 1.54) is 19.3 Å². The summed E-state index contributed by atoms with van der Waals surface area (Å²) in [4.78, 5) is 13.9. The van der Waals surface area contributed by atoms with Gasteiger partial charge in [0.05, 0.1) is 5.54 Å². The minimum absolute atomic E-state index is 0.0938. The Kier molecular flexibility index (Phi) is 4.14. The molecule has 1 unspecified atom stereocenters. The third-order valence-electron chi connectivity index (χ3n) is 3.36. The van der Waals surface area contributed by atoms with Gasteiger partial charge in [0, 0.05) is 13.6 Å². The van der Waals surface area contributed by atoms with Gasteiger partial charge in [0.1, 0.15) is 0 Å². The molecule has 0 spiro atoms. The molecule has 0 saturated heterocycles. The van der Waals surface area contributed by atoms with Gasteiger partial charge in [0.2, 0.25) is 5.91 Å². The summed E-state index contributed by atoms with van der Waals surface area (Å²) in [6.45, 7) is 4.79. The van der Waals surface area contributed by atoms with Gasteiger partial charge in [0.15, 0.2) is 0 Å². The fraction of sp³-hybridized carbons (Fsp3) is 0.917. The van der Waals surface area contributed by atoms with Crippen LogP contribution in [0.5, 0.6) is 0 Å². The van der Waals surface area contributed by atoms with Crippen molar-refractivity contribution < 1.29 is 4.79 Å². The minimum Gasteiger partial charge on any atom is -0.344 e. The quantitative estimate of drug-likeness (QED) is 0.755. The lowest BCUT2D eigenvalue weighted by Crippen LogP contribution is -2.53. The van der Waals surface area contributed by atoms with E-state index in [0.717, 1.165) is 25.3 Å². The van der Waals surface area contributed by atoms with Crippen molar-refractivity contribution in [3.63, 3.8) is 0 Å². The predicted molar refractivity (Wildman–Crippen MR) is 62.5 cm³/mol. The molecule has 0 aliphatic heterocycles. The summed E-state index contributed by atoms with van der Waals surface area (Å²) >= 11 is 0. The van der Waals surface area contributed by atoms with Gasteiger partial charge in [-0.25, -0.2) is 0 Å². The Hall–Kier alpha value is -0.570. The average Bonchev–Trinajstić information content (AvgIpc) is 2.09. The monoisotopic (exact) mass is 212 g/mol. The number of hydrogen-bond donors (Lipinski definition) is 1. The number of carbonyl (C=O) groups excluding carboxylic acids is 1. The van der Waals surface area contributed by atoms with Crippen LogP contribution in [0, 0.1) is 5.92 Å². The highest BCUT2D eigenvalue weighted by molar-refractivity contribution is 5.85. The van der Waals surface area contributed by atoms with Gasteiger partial charge in [-0.1, -0.05) is 19.8 Å². The van der Waals surface area contributed by atoms with E-state index in [-0.39, 0.29) is 5.91 Å². The summed E-state index contributed by atoms with van der Waals surface area (Å²) < 4.78 is 0. The number of likely N-dealkylation sites (N-methyl/N-ethyl adjacent to an activating group) is 1. The predicted octanol–water partition coefficient (Wildman–Crippen LogP) is 1.76. The van der Waals surface area contributed by atoms with E-state index in [1.54, 1.807) is 0 Å². The van der Waals surface area contributed by atoms with Crippen molar-refractivity contribution in [2.75, 3.05) is 13.6 Å². The molecular weight excluding hydrogens is 188 g/mol. The van der Waals surface area contributed by atoms with E-state index < -0.39 is 5.54 Å². The van der Waals surface area contributed by atoms with Crippen LogP contribution in [0.1, 0.15) is 46.0 Å². The lowest BCUT2D eigenvalue weighted by atomic mass is 9.84. The van der Waals surface area contributed by atoms with Gasteiger partial charge in [-0.15, -0.1) is 0 Å². The van der Waals surface area contributed by atoms with E-state index in [0.29, 0.717) is 0 Å². The molecule has 1 saturated carbocycles. The molecule has 1 aliphatic carbocycles. The first-order chi connectivity index (χ1) is 6.97. The second kappa shape index (κ2) is 4.97. The molecular formula is C12H24N2O. The van der Waals surface area contributed by atoms with Crippen molar-refractivity contribution in [2.45, 2.75) is 51.5 Å². The first-order valence-electron chi connectivity index (χ1n) is 6.02. The highest BCUT2D eigenvalue weighted by Gasteiger charge is 2.31. The Bertz CT molecular complexity index is 222. The van der Waals surface area contributed by atoms with Crippen LogP contribution >= 0.6 is 0 Å². The van der Waals surface area contributed by atoms with E-state index in [4.69, 9.17) is 5.73 Å². The topological polar surface area (TPSA) is 46.3 Å².